The van der Waals surface area contributed by atoms with E-state index < -0.39 is 0 Å². The van der Waals surface area contributed by atoms with Crippen molar-refractivity contribution in [1.82, 2.24) is 9.78 Å². The van der Waals surface area contributed by atoms with Crippen LogP contribution in [0.4, 0.5) is 0 Å². The molecule has 0 saturated heterocycles. The van der Waals surface area contributed by atoms with Gasteiger partial charge in [0.15, 0.2) is 0 Å². The molecule has 3 nitrogen and oxygen atoms in total. The predicted octanol–water partition coefficient (Wildman–Crippen LogP) is 2.99. The fraction of sp³-hybridized carbons (Fsp3) is 0.400. The molecule has 0 fully saturated rings. The number of nitrogens with zero attached hydrogens (tertiary/aromatic N) is 2. The van der Waals surface area contributed by atoms with Crippen LogP contribution in [0, 0.1) is 0 Å². The SMILES string of the molecule is C/C=C/C(=O)c1c(Br)cnn1C(C)C. The van der Waals surface area contributed by atoms with Crippen LogP contribution in [0.25, 0.3) is 0 Å². The van der Waals surface area contributed by atoms with Crippen molar-refractivity contribution in [3.8, 4) is 0 Å². The van der Waals surface area contributed by atoms with E-state index in [-0.39, 0.29) is 11.8 Å². The van der Waals surface area contributed by atoms with E-state index in [1.165, 1.54) is 0 Å². The summed E-state index contributed by atoms with van der Waals surface area (Å²) in [6.45, 7) is 5.81. The molecule has 0 bridgehead atoms. The van der Waals surface area contributed by atoms with Gasteiger partial charge in [0.2, 0.25) is 5.78 Å². The largest absolute Gasteiger partial charge is 0.288 e. The van der Waals surface area contributed by atoms with E-state index in [0.29, 0.717) is 5.69 Å². The van der Waals surface area contributed by atoms with Crippen LogP contribution in [0.15, 0.2) is 22.8 Å². The Hall–Kier alpha value is -0.900. The first kappa shape index (κ1) is 11.2. The number of carbonyl (C=O) groups is 1. The number of rotatable bonds is 3. The van der Waals surface area contributed by atoms with Crippen molar-refractivity contribution in [2.75, 3.05) is 0 Å². The number of hydrogen-bond acceptors (Lipinski definition) is 2. The van der Waals surface area contributed by atoms with Gasteiger partial charge in [-0.15, -0.1) is 0 Å². The molecule has 0 aromatic carbocycles. The first-order valence-electron chi connectivity index (χ1n) is 4.48. The van der Waals surface area contributed by atoms with Gasteiger partial charge < -0.3 is 0 Å². The summed E-state index contributed by atoms with van der Waals surface area (Å²) in [5, 5.41) is 4.13. The van der Waals surface area contributed by atoms with E-state index in [1.54, 1.807) is 23.0 Å². The maximum Gasteiger partial charge on any atom is 0.204 e. The molecule has 1 heterocycles. The molecule has 0 N–H and O–H groups in total. The highest BCUT2D eigenvalue weighted by Crippen LogP contribution is 2.20. The second-order valence-corrected chi connectivity index (χ2v) is 4.10. The molecule has 0 aliphatic heterocycles. The Morgan fingerprint density at radius 2 is 2.29 bits per heavy atom. The zero-order valence-corrected chi connectivity index (χ0v) is 10.1. The number of ketones is 1. The average molecular weight is 257 g/mol. The normalized spacial score (nSPS) is 11.5. The van der Waals surface area contributed by atoms with Crippen LogP contribution < -0.4 is 0 Å². The standard InChI is InChI=1S/C10H13BrN2O/c1-4-5-9(14)10-8(11)6-12-13(10)7(2)3/h4-7H,1-3H3/b5-4+. The highest BCUT2D eigenvalue weighted by molar-refractivity contribution is 9.10. The lowest BCUT2D eigenvalue weighted by atomic mass is 10.2. The Balaban J connectivity index is 3.17. The van der Waals surface area contributed by atoms with Crippen LogP contribution in [-0.2, 0) is 0 Å². The van der Waals surface area contributed by atoms with Gasteiger partial charge in [0.05, 0.1) is 10.7 Å². The minimum Gasteiger partial charge on any atom is -0.288 e. The van der Waals surface area contributed by atoms with Gasteiger partial charge in [-0.1, -0.05) is 6.08 Å². The van der Waals surface area contributed by atoms with Crippen molar-refractivity contribution < 1.29 is 4.79 Å². The van der Waals surface area contributed by atoms with Gasteiger partial charge in [0, 0.05) is 6.04 Å². The fourth-order valence-corrected chi connectivity index (χ4v) is 1.66. The summed E-state index contributed by atoms with van der Waals surface area (Å²) in [6.07, 6.45) is 4.92. The van der Waals surface area contributed by atoms with E-state index >= 15 is 0 Å². The molecule has 4 heteroatoms. The predicted molar refractivity (Wildman–Crippen MR) is 59.5 cm³/mol. The topological polar surface area (TPSA) is 34.9 Å². The summed E-state index contributed by atoms with van der Waals surface area (Å²) >= 11 is 3.32. The molecule has 0 amide bonds. The lowest BCUT2D eigenvalue weighted by Crippen LogP contribution is -2.11. The zero-order valence-electron chi connectivity index (χ0n) is 8.49. The fourth-order valence-electron chi connectivity index (χ4n) is 1.19. The molecule has 0 unspecified atom stereocenters. The molecular weight excluding hydrogens is 244 g/mol. The van der Waals surface area contributed by atoms with Crippen molar-refractivity contribution in [1.29, 1.82) is 0 Å². The molecule has 0 atom stereocenters. The van der Waals surface area contributed by atoms with Crippen LogP contribution in [0.5, 0.6) is 0 Å². The minimum atomic E-state index is -0.0226. The summed E-state index contributed by atoms with van der Waals surface area (Å²) < 4.78 is 2.46. The zero-order chi connectivity index (χ0) is 10.7. The summed E-state index contributed by atoms with van der Waals surface area (Å²) in [5.41, 5.74) is 0.609. The van der Waals surface area contributed by atoms with Gasteiger partial charge in [0.1, 0.15) is 5.69 Å². The van der Waals surface area contributed by atoms with Crippen molar-refractivity contribution in [2.24, 2.45) is 0 Å². The maximum absolute atomic E-state index is 11.7. The van der Waals surface area contributed by atoms with Crippen LogP contribution >= 0.6 is 15.9 Å². The Bertz CT molecular complexity index is 366. The van der Waals surface area contributed by atoms with Crippen LogP contribution in [-0.4, -0.2) is 15.6 Å². The molecule has 76 valence electrons. The third-order valence-electron chi connectivity index (χ3n) is 1.79. The van der Waals surface area contributed by atoms with E-state index in [0.717, 1.165) is 4.47 Å². The van der Waals surface area contributed by atoms with E-state index in [1.807, 2.05) is 20.8 Å². The first-order valence-corrected chi connectivity index (χ1v) is 5.27. The minimum absolute atomic E-state index is 0.0226. The summed E-state index contributed by atoms with van der Waals surface area (Å²) in [4.78, 5) is 11.7. The lowest BCUT2D eigenvalue weighted by Gasteiger charge is -2.08. The molecular formula is C10H13BrN2O. The van der Waals surface area contributed by atoms with Crippen molar-refractivity contribution in [2.45, 2.75) is 26.8 Å². The number of carbonyl (C=O) groups excluding carboxylic acids is 1. The Kier molecular flexibility index (Phi) is 3.63. The van der Waals surface area contributed by atoms with Crippen LogP contribution in [0.1, 0.15) is 37.3 Å². The highest BCUT2D eigenvalue weighted by atomic mass is 79.9. The van der Waals surface area contributed by atoms with Crippen molar-refractivity contribution >= 4 is 21.7 Å². The molecule has 0 spiro atoms. The average Bonchev–Trinajstić information content (AvgIpc) is 2.47. The summed E-state index contributed by atoms with van der Waals surface area (Å²) in [7, 11) is 0. The lowest BCUT2D eigenvalue weighted by molar-refractivity contribution is 0.103. The Labute approximate surface area is 91.9 Å². The third kappa shape index (κ3) is 2.12. The number of hydrogen-bond donors (Lipinski definition) is 0. The molecule has 1 aromatic heterocycles. The molecule has 1 aromatic rings. The van der Waals surface area contributed by atoms with Crippen LogP contribution in [0.3, 0.4) is 0 Å². The molecule has 1 rings (SSSR count). The highest BCUT2D eigenvalue weighted by Gasteiger charge is 2.16. The van der Waals surface area contributed by atoms with Gasteiger partial charge >= 0.3 is 0 Å². The van der Waals surface area contributed by atoms with Gasteiger partial charge in [0.25, 0.3) is 0 Å². The number of aromatic nitrogens is 2. The van der Waals surface area contributed by atoms with Gasteiger partial charge in [-0.25, -0.2) is 0 Å². The third-order valence-corrected chi connectivity index (χ3v) is 2.37. The molecule has 0 radical (unpaired) electrons. The van der Waals surface area contributed by atoms with Crippen LogP contribution in [0.2, 0.25) is 0 Å². The first-order chi connectivity index (χ1) is 6.57. The van der Waals surface area contributed by atoms with E-state index in [9.17, 15) is 4.79 Å². The smallest absolute Gasteiger partial charge is 0.204 e. The van der Waals surface area contributed by atoms with Crippen molar-refractivity contribution in [3.05, 3.63) is 28.5 Å². The number of allylic oxidation sites excluding steroid dienone is 2. The second kappa shape index (κ2) is 4.55. The summed E-state index contributed by atoms with van der Waals surface area (Å²) in [5.74, 6) is -0.0226. The molecule has 0 aliphatic carbocycles. The molecule has 14 heavy (non-hydrogen) atoms. The maximum atomic E-state index is 11.7. The monoisotopic (exact) mass is 256 g/mol. The van der Waals surface area contributed by atoms with E-state index in [2.05, 4.69) is 21.0 Å². The molecule has 0 saturated carbocycles. The van der Waals surface area contributed by atoms with Crippen molar-refractivity contribution in [3.63, 3.8) is 0 Å². The van der Waals surface area contributed by atoms with Gasteiger partial charge in [-0.3, -0.25) is 9.48 Å². The van der Waals surface area contributed by atoms with Gasteiger partial charge in [-0.05, 0) is 42.8 Å². The van der Waals surface area contributed by atoms with E-state index in [4.69, 9.17) is 0 Å². The molecule has 0 aliphatic rings. The Morgan fingerprint density at radius 1 is 1.64 bits per heavy atom. The second-order valence-electron chi connectivity index (χ2n) is 3.24. The Morgan fingerprint density at radius 3 is 2.79 bits per heavy atom. The van der Waals surface area contributed by atoms with Gasteiger partial charge in [-0.2, -0.15) is 5.10 Å². The quantitative estimate of drug-likeness (QED) is 0.616. The summed E-state index contributed by atoms with van der Waals surface area (Å²) in [6, 6.07) is 0.186. The number of halogens is 1.